The first-order valence-corrected chi connectivity index (χ1v) is 6.73. The fraction of sp³-hybridized carbons (Fsp3) is 0.154. The molecule has 2 rings (SSSR count). The molecule has 1 N–H and O–H groups in total. The summed E-state index contributed by atoms with van der Waals surface area (Å²) in [6, 6.07) is 9.16. The molecule has 0 aliphatic rings. The summed E-state index contributed by atoms with van der Waals surface area (Å²) in [5, 5.41) is 4.62. The van der Waals surface area contributed by atoms with Gasteiger partial charge in [-0.15, -0.1) is 22.9 Å². The third-order valence-corrected chi connectivity index (χ3v) is 3.62. The number of halogens is 1. The van der Waals surface area contributed by atoms with Crippen molar-refractivity contribution in [2.24, 2.45) is 0 Å². The molecule has 0 radical (unpaired) electrons. The Labute approximate surface area is 114 Å². The number of amides is 1. The van der Waals surface area contributed by atoms with E-state index in [1.807, 2.05) is 24.3 Å². The summed E-state index contributed by atoms with van der Waals surface area (Å²) in [6.07, 6.45) is 0. The van der Waals surface area contributed by atoms with E-state index in [-0.39, 0.29) is 5.91 Å². The maximum atomic E-state index is 11.9. The molecule has 0 atom stereocenters. The third-order valence-electron chi connectivity index (χ3n) is 2.40. The van der Waals surface area contributed by atoms with Crippen molar-refractivity contribution in [3.8, 4) is 5.75 Å². The van der Waals surface area contributed by atoms with Crippen LogP contribution in [0.1, 0.15) is 15.2 Å². The van der Waals surface area contributed by atoms with Crippen LogP contribution in [0.15, 0.2) is 35.7 Å². The van der Waals surface area contributed by atoms with Gasteiger partial charge in [-0.25, -0.2) is 0 Å². The molecular weight excluding hydrogens is 270 g/mol. The zero-order valence-electron chi connectivity index (χ0n) is 9.77. The van der Waals surface area contributed by atoms with Crippen molar-refractivity contribution in [1.29, 1.82) is 0 Å². The van der Waals surface area contributed by atoms with Gasteiger partial charge < -0.3 is 10.1 Å². The quantitative estimate of drug-likeness (QED) is 0.867. The van der Waals surface area contributed by atoms with Gasteiger partial charge in [0.2, 0.25) is 0 Å². The van der Waals surface area contributed by atoms with E-state index >= 15 is 0 Å². The van der Waals surface area contributed by atoms with Gasteiger partial charge >= 0.3 is 0 Å². The van der Waals surface area contributed by atoms with E-state index in [0.29, 0.717) is 16.5 Å². The number of ether oxygens (including phenoxy) is 1. The van der Waals surface area contributed by atoms with Crippen LogP contribution in [-0.2, 0) is 5.88 Å². The monoisotopic (exact) mass is 281 g/mol. The van der Waals surface area contributed by atoms with Crippen molar-refractivity contribution >= 4 is 34.5 Å². The maximum absolute atomic E-state index is 11.9. The van der Waals surface area contributed by atoms with Gasteiger partial charge in [-0.05, 0) is 17.7 Å². The summed E-state index contributed by atoms with van der Waals surface area (Å²) in [4.78, 5) is 12.5. The van der Waals surface area contributed by atoms with E-state index in [9.17, 15) is 4.79 Å². The minimum atomic E-state index is -0.137. The molecule has 3 nitrogen and oxygen atoms in total. The number of anilines is 1. The molecule has 0 bridgehead atoms. The summed E-state index contributed by atoms with van der Waals surface area (Å²) < 4.78 is 5.04. The van der Waals surface area contributed by atoms with Gasteiger partial charge in [0.05, 0.1) is 12.0 Å². The van der Waals surface area contributed by atoms with Crippen LogP contribution in [0.3, 0.4) is 0 Å². The van der Waals surface area contributed by atoms with Crippen molar-refractivity contribution in [3.05, 3.63) is 46.2 Å². The van der Waals surface area contributed by atoms with E-state index in [0.717, 1.165) is 11.3 Å². The largest absolute Gasteiger partial charge is 0.496 e. The zero-order valence-corrected chi connectivity index (χ0v) is 11.3. The Hall–Kier alpha value is -1.52. The summed E-state index contributed by atoms with van der Waals surface area (Å²) in [5.74, 6) is 1.03. The molecule has 0 unspecified atom stereocenters. The Morgan fingerprint density at radius 1 is 1.39 bits per heavy atom. The van der Waals surface area contributed by atoms with E-state index < -0.39 is 0 Å². The second kappa shape index (κ2) is 5.89. The number of thiophene rings is 1. The van der Waals surface area contributed by atoms with E-state index in [1.54, 1.807) is 18.6 Å². The van der Waals surface area contributed by atoms with Gasteiger partial charge in [-0.1, -0.05) is 12.1 Å². The second-order valence-corrected chi connectivity index (χ2v) is 4.81. The molecule has 1 heterocycles. The lowest BCUT2D eigenvalue weighted by molar-refractivity contribution is 0.103. The van der Waals surface area contributed by atoms with E-state index in [4.69, 9.17) is 16.3 Å². The highest BCUT2D eigenvalue weighted by Crippen LogP contribution is 2.22. The Morgan fingerprint density at radius 2 is 2.11 bits per heavy atom. The van der Waals surface area contributed by atoms with Crippen LogP contribution in [0.5, 0.6) is 5.75 Å². The van der Waals surface area contributed by atoms with Crippen molar-refractivity contribution in [1.82, 2.24) is 0 Å². The molecule has 0 aliphatic heterocycles. The molecule has 5 heteroatoms. The topological polar surface area (TPSA) is 38.3 Å². The van der Waals surface area contributed by atoms with Crippen molar-refractivity contribution in [2.75, 3.05) is 12.4 Å². The minimum absolute atomic E-state index is 0.137. The second-order valence-electron chi connectivity index (χ2n) is 3.64. The van der Waals surface area contributed by atoms with Gasteiger partial charge in [0.25, 0.3) is 5.91 Å². The number of nitrogens with one attached hydrogen (secondary N) is 1. The van der Waals surface area contributed by atoms with Gasteiger partial charge in [-0.3, -0.25) is 4.79 Å². The van der Waals surface area contributed by atoms with Crippen molar-refractivity contribution in [3.63, 3.8) is 0 Å². The highest BCUT2D eigenvalue weighted by Gasteiger charge is 2.09. The number of carbonyl (C=O) groups is 1. The van der Waals surface area contributed by atoms with Crippen LogP contribution in [-0.4, -0.2) is 13.0 Å². The lowest BCUT2D eigenvalue weighted by Crippen LogP contribution is -2.09. The van der Waals surface area contributed by atoms with Gasteiger partial charge in [0.1, 0.15) is 5.75 Å². The molecular formula is C13H12ClNO2S. The maximum Gasteiger partial charge on any atom is 0.265 e. The average Bonchev–Trinajstić information content (AvgIpc) is 2.88. The molecule has 0 spiro atoms. The fourth-order valence-corrected chi connectivity index (χ4v) is 2.34. The normalized spacial score (nSPS) is 10.1. The predicted octanol–water partition coefficient (Wildman–Crippen LogP) is 3.75. The molecule has 0 saturated heterocycles. The predicted molar refractivity (Wildman–Crippen MR) is 74.8 cm³/mol. The van der Waals surface area contributed by atoms with Crippen LogP contribution >= 0.6 is 22.9 Å². The average molecular weight is 282 g/mol. The first-order valence-electron chi connectivity index (χ1n) is 5.31. The van der Waals surface area contributed by atoms with E-state index in [1.165, 1.54) is 11.3 Å². The minimum Gasteiger partial charge on any atom is -0.496 e. The van der Waals surface area contributed by atoms with Gasteiger partial charge in [0.15, 0.2) is 0 Å². The summed E-state index contributed by atoms with van der Waals surface area (Å²) in [7, 11) is 1.58. The fourth-order valence-electron chi connectivity index (χ4n) is 1.41. The zero-order chi connectivity index (χ0) is 13.0. The van der Waals surface area contributed by atoms with Crippen LogP contribution in [0.2, 0.25) is 0 Å². The SMILES string of the molecule is COc1csc(C(=O)Nc2ccc(CCl)cc2)c1. The summed E-state index contributed by atoms with van der Waals surface area (Å²) >= 11 is 7.05. The molecule has 1 aromatic carbocycles. The Bertz CT molecular complexity index is 536. The number of alkyl halides is 1. The molecule has 1 aromatic heterocycles. The lowest BCUT2D eigenvalue weighted by atomic mass is 10.2. The van der Waals surface area contributed by atoms with Crippen LogP contribution in [0, 0.1) is 0 Å². The Morgan fingerprint density at radius 3 is 2.67 bits per heavy atom. The number of methoxy groups -OCH3 is 1. The first kappa shape index (κ1) is 12.9. The van der Waals surface area contributed by atoms with Crippen molar-refractivity contribution < 1.29 is 9.53 Å². The highest BCUT2D eigenvalue weighted by molar-refractivity contribution is 7.12. The molecule has 94 valence electrons. The molecule has 18 heavy (non-hydrogen) atoms. The highest BCUT2D eigenvalue weighted by atomic mass is 35.5. The number of hydrogen-bond donors (Lipinski definition) is 1. The first-order chi connectivity index (χ1) is 8.72. The van der Waals surface area contributed by atoms with Crippen molar-refractivity contribution in [2.45, 2.75) is 5.88 Å². The Balaban J connectivity index is 2.06. The van der Waals surface area contributed by atoms with Gasteiger partial charge in [-0.2, -0.15) is 0 Å². The molecule has 0 fully saturated rings. The molecule has 1 amide bonds. The molecule has 2 aromatic rings. The van der Waals surface area contributed by atoms with Gasteiger partial charge in [0, 0.05) is 23.0 Å². The molecule has 0 saturated carbocycles. The lowest BCUT2D eigenvalue weighted by Gasteiger charge is -2.04. The number of hydrogen-bond acceptors (Lipinski definition) is 3. The Kier molecular flexibility index (Phi) is 4.23. The van der Waals surface area contributed by atoms with Crippen LogP contribution in [0.4, 0.5) is 5.69 Å². The van der Waals surface area contributed by atoms with Crippen LogP contribution < -0.4 is 10.1 Å². The standard InChI is InChI=1S/C13H12ClNO2S/c1-17-11-6-12(18-8-11)13(16)15-10-4-2-9(7-14)3-5-10/h2-6,8H,7H2,1H3,(H,15,16). The summed E-state index contributed by atoms with van der Waals surface area (Å²) in [5.41, 5.74) is 1.77. The molecule has 0 aliphatic carbocycles. The van der Waals surface area contributed by atoms with E-state index in [2.05, 4.69) is 5.32 Å². The third kappa shape index (κ3) is 3.03. The van der Waals surface area contributed by atoms with Crippen LogP contribution in [0.25, 0.3) is 0 Å². The summed E-state index contributed by atoms with van der Waals surface area (Å²) in [6.45, 7) is 0. The number of carbonyl (C=O) groups excluding carboxylic acids is 1. The number of benzene rings is 1. The number of rotatable bonds is 4. The smallest absolute Gasteiger partial charge is 0.265 e.